The average Bonchev–Trinajstić information content (AvgIpc) is 2.97. The van der Waals surface area contributed by atoms with Gasteiger partial charge < -0.3 is 10.6 Å². The molecule has 0 aliphatic carbocycles. The molecule has 0 bridgehead atoms. The smallest absolute Gasteiger partial charge is 0.273 e. The van der Waals surface area contributed by atoms with E-state index in [-0.39, 0.29) is 11.9 Å². The van der Waals surface area contributed by atoms with Crippen molar-refractivity contribution >= 4 is 5.91 Å². The molecule has 1 atom stereocenters. The Morgan fingerprint density at radius 1 is 1.58 bits per heavy atom. The molecule has 8 heteroatoms. The quantitative estimate of drug-likeness (QED) is 0.697. The van der Waals surface area contributed by atoms with Gasteiger partial charge in [0.1, 0.15) is 0 Å². The minimum absolute atomic E-state index is 0.123. The van der Waals surface area contributed by atoms with Crippen LogP contribution in [0.15, 0.2) is 18.6 Å². The van der Waals surface area contributed by atoms with Gasteiger partial charge in [0.25, 0.3) is 5.91 Å². The van der Waals surface area contributed by atoms with Gasteiger partial charge in [-0.05, 0) is 6.92 Å². The summed E-state index contributed by atoms with van der Waals surface area (Å²) in [6, 6.07) is 0.183. The zero-order valence-corrected chi connectivity index (χ0v) is 10.5. The molecule has 100 valence electrons. The molecule has 1 aliphatic rings. The topological polar surface area (TPSA) is 101 Å². The summed E-state index contributed by atoms with van der Waals surface area (Å²) < 4.78 is 1.73. The first-order chi connectivity index (χ1) is 9.24. The first kappa shape index (κ1) is 11.8. The third-order valence-corrected chi connectivity index (χ3v) is 3.24. The van der Waals surface area contributed by atoms with Gasteiger partial charge in [-0.15, -0.1) is 5.10 Å². The van der Waals surface area contributed by atoms with Crippen molar-refractivity contribution in [2.45, 2.75) is 19.0 Å². The van der Waals surface area contributed by atoms with Crippen LogP contribution in [-0.4, -0.2) is 44.2 Å². The van der Waals surface area contributed by atoms with Crippen molar-refractivity contribution in [3.8, 4) is 0 Å². The van der Waals surface area contributed by atoms with Crippen LogP contribution in [0.2, 0.25) is 0 Å². The fraction of sp³-hybridized carbons (Fsp3) is 0.455. The van der Waals surface area contributed by atoms with E-state index in [0.29, 0.717) is 11.7 Å². The Bertz CT molecular complexity index is 557. The normalized spacial score (nSPS) is 16.9. The van der Waals surface area contributed by atoms with Gasteiger partial charge in [0, 0.05) is 24.8 Å². The molecule has 0 spiro atoms. The predicted molar refractivity (Wildman–Crippen MR) is 66.4 cm³/mol. The molecule has 0 radical (unpaired) electrons. The summed E-state index contributed by atoms with van der Waals surface area (Å²) in [6.07, 6.45) is 5.12. The lowest BCUT2D eigenvalue weighted by Crippen LogP contribution is -2.43. The van der Waals surface area contributed by atoms with Crippen molar-refractivity contribution in [2.75, 3.05) is 13.1 Å². The molecule has 2 aromatic heterocycles. The summed E-state index contributed by atoms with van der Waals surface area (Å²) in [6.45, 7) is 3.63. The lowest BCUT2D eigenvalue weighted by atomic mass is 10.2. The Morgan fingerprint density at radius 2 is 2.42 bits per heavy atom. The number of carbonyl (C=O) groups is 1. The van der Waals surface area contributed by atoms with E-state index in [1.54, 1.807) is 23.3 Å². The van der Waals surface area contributed by atoms with Gasteiger partial charge in [0.2, 0.25) is 0 Å². The Balaban J connectivity index is 1.65. The second-order valence-electron chi connectivity index (χ2n) is 4.62. The molecule has 1 unspecified atom stereocenters. The van der Waals surface area contributed by atoms with Gasteiger partial charge in [-0.3, -0.25) is 9.89 Å². The number of hydrogen-bond donors (Lipinski definition) is 3. The first-order valence-corrected chi connectivity index (χ1v) is 6.16. The molecule has 3 heterocycles. The highest BCUT2D eigenvalue weighted by Gasteiger charge is 2.22. The van der Waals surface area contributed by atoms with Crippen molar-refractivity contribution in [1.82, 2.24) is 35.8 Å². The van der Waals surface area contributed by atoms with Crippen LogP contribution >= 0.6 is 0 Å². The summed E-state index contributed by atoms with van der Waals surface area (Å²) in [5, 5.41) is 20.5. The Kier molecular flexibility index (Phi) is 3.00. The number of amides is 1. The van der Waals surface area contributed by atoms with Crippen LogP contribution in [-0.2, 0) is 0 Å². The standard InChI is InChI=1S/C11H15N7O/c1-7(8-2-13-14-3-8)15-11(19)10-6-18(17-16-10)9-4-12-5-9/h2-3,6-7,9,12H,4-5H2,1H3,(H,13,14)(H,15,19). The first-order valence-electron chi connectivity index (χ1n) is 6.16. The van der Waals surface area contributed by atoms with E-state index in [2.05, 4.69) is 31.1 Å². The van der Waals surface area contributed by atoms with Crippen molar-refractivity contribution in [1.29, 1.82) is 0 Å². The van der Waals surface area contributed by atoms with Crippen LogP contribution < -0.4 is 10.6 Å². The van der Waals surface area contributed by atoms with Crippen LogP contribution in [0.1, 0.15) is 35.1 Å². The maximum Gasteiger partial charge on any atom is 0.273 e. The number of H-pyrrole nitrogens is 1. The fourth-order valence-electron chi connectivity index (χ4n) is 1.87. The van der Waals surface area contributed by atoms with E-state index in [4.69, 9.17) is 0 Å². The average molecular weight is 261 g/mol. The van der Waals surface area contributed by atoms with Gasteiger partial charge >= 0.3 is 0 Å². The van der Waals surface area contributed by atoms with Gasteiger partial charge in [-0.2, -0.15) is 5.10 Å². The highest BCUT2D eigenvalue weighted by molar-refractivity contribution is 5.92. The third kappa shape index (κ3) is 2.34. The van der Waals surface area contributed by atoms with Gasteiger partial charge in [-0.25, -0.2) is 4.68 Å². The third-order valence-electron chi connectivity index (χ3n) is 3.24. The highest BCUT2D eigenvalue weighted by atomic mass is 16.2. The van der Waals surface area contributed by atoms with E-state index < -0.39 is 0 Å². The molecule has 1 saturated heterocycles. The SMILES string of the molecule is CC(NC(=O)c1cn(C2CNC2)nn1)c1cn[nH]c1. The molecule has 3 N–H and O–H groups in total. The molecule has 1 amide bonds. The summed E-state index contributed by atoms with van der Waals surface area (Å²) in [7, 11) is 0. The summed E-state index contributed by atoms with van der Waals surface area (Å²) >= 11 is 0. The van der Waals surface area contributed by atoms with Gasteiger partial charge in [0.15, 0.2) is 5.69 Å². The van der Waals surface area contributed by atoms with E-state index >= 15 is 0 Å². The number of hydrogen-bond acceptors (Lipinski definition) is 5. The van der Waals surface area contributed by atoms with Gasteiger partial charge in [-0.1, -0.05) is 5.21 Å². The van der Waals surface area contributed by atoms with Crippen molar-refractivity contribution in [3.63, 3.8) is 0 Å². The monoisotopic (exact) mass is 261 g/mol. The second kappa shape index (κ2) is 4.81. The number of carbonyl (C=O) groups excluding carboxylic acids is 1. The van der Waals surface area contributed by atoms with Crippen LogP contribution in [0, 0.1) is 0 Å². The Morgan fingerprint density at radius 3 is 3.05 bits per heavy atom. The zero-order chi connectivity index (χ0) is 13.2. The van der Waals surface area contributed by atoms with Crippen LogP contribution in [0.4, 0.5) is 0 Å². The van der Waals surface area contributed by atoms with E-state index in [9.17, 15) is 4.79 Å². The number of aromatic nitrogens is 5. The molecule has 1 fully saturated rings. The van der Waals surface area contributed by atoms with Crippen LogP contribution in [0.25, 0.3) is 0 Å². The Hall–Kier alpha value is -2.22. The second-order valence-corrected chi connectivity index (χ2v) is 4.62. The van der Waals surface area contributed by atoms with Crippen molar-refractivity contribution in [3.05, 3.63) is 29.8 Å². The van der Waals surface area contributed by atoms with Gasteiger partial charge in [0.05, 0.1) is 24.5 Å². The Labute approximate surface area is 109 Å². The van der Waals surface area contributed by atoms with Crippen LogP contribution in [0.5, 0.6) is 0 Å². The molecule has 0 saturated carbocycles. The van der Waals surface area contributed by atoms with E-state index in [1.165, 1.54) is 0 Å². The molecule has 0 aromatic carbocycles. The summed E-state index contributed by atoms with van der Waals surface area (Å²) in [5.41, 5.74) is 1.26. The molecule has 3 rings (SSSR count). The molecular weight excluding hydrogens is 246 g/mol. The summed E-state index contributed by atoms with van der Waals surface area (Å²) in [5.74, 6) is -0.229. The molecule has 1 aliphatic heterocycles. The van der Waals surface area contributed by atoms with Crippen molar-refractivity contribution in [2.24, 2.45) is 0 Å². The predicted octanol–water partition coefficient (Wildman–Crippen LogP) is -0.363. The van der Waals surface area contributed by atoms with Crippen molar-refractivity contribution < 1.29 is 4.79 Å². The van der Waals surface area contributed by atoms with E-state index in [1.807, 2.05) is 6.92 Å². The largest absolute Gasteiger partial charge is 0.344 e. The molecule has 2 aromatic rings. The van der Waals surface area contributed by atoms with E-state index in [0.717, 1.165) is 18.7 Å². The lowest BCUT2D eigenvalue weighted by molar-refractivity contribution is 0.0934. The molecule has 8 nitrogen and oxygen atoms in total. The zero-order valence-electron chi connectivity index (χ0n) is 10.5. The fourth-order valence-corrected chi connectivity index (χ4v) is 1.87. The minimum atomic E-state index is -0.229. The maximum absolute atomic E-state index is 12.0. The highest BCUT2D eigenvalue weighted by Crippen LogP contribution is 2.12. The number of nitrogens with one attached hydrogen (secondary N) is 3. The minimum Gasteiger partial charge on any atom is -0.344 e. The maximum atomic E-state index is 12.0. The number of aromatic amines is 1. The summed E-state index contributed by atoms with van der Waals surface area (Å²) in [4.78, 5) is 12.0. The molecule has 19 heavy (non-hydrogen) atoms. The number of rotatable bonds is 4. The number of nitrogens with zero attached hydrogens (tertiary/aromatic N) is 4. The molecular formula is C11H15N7O. The van der Waals surface area contributed by atoms with Crippen LogP contribution in [0.3, 0.4) is 0 Å². The lowest BCUT2D eigenvalue weighted by Gasteiger charge is -2.26.